The van der Waals surface area contributed by atoms with Crippen LogP contribution < -0.4 is 0 Å². The summed E-state index contributed by atoms with van der Waals surface area (Å²) in [5, 5.41) is 35.5. The third-order valence-corrected chi connectivity index (χ3v) is 3.78. The van der Waals surface area contributed by atoms with Crippen molar-refractivity contribution >= 4 is 11.9 Å². The molecular weight excluding hydrogens is 368 g/mol. The SMILES string of the molecule is C=Cc1ccc(O)cc1.CC(=O)c1ccc(O)cc1.CC(O)c1ccc(O)cc1. The molecule has 0 saturated heterocycles. The van der Waals surface area contributed by atoms with Crippen LogP contribution in [-0.4, -0.2) is 26.2 Å². The van der Waals surface area contributed by atoms with Gasteiger partial charge in [0.25, 0.3) is 0 Å². The van der Waals surface area contributed by atoms with E-state index in [0.717, 1.165) is 11.1 Å². The largest absolute Gasteiger partial charge is 0.508 e. The number of ketones is 1. The normalized spacial score (nSPS) is 10.4. The number of aromatic hydroxyl groups is 3. The van der Waals surface area contributed by atoms with Crippen molar-refractivity contribution in [2.24, 2.45) is 0 Å². The lowest BCUT2D eigenvalue weighted by Crippen LogP contribution is -1.89. The number of Topliss-reactive ketones (excluding diaryl/α,β-unsaturated/α-hetero) is 1. The van der Waals surface area contributed by atoms with Crippen LogP contribution >= 0.6 is 0 Å². The Bertz CT molecular complexity index is 880. The zero-order valence-corrected chi connectivity index (χ0v) is 16.5. The summed E-state index contributed by atoms with van der Waals surface area (Å²) in [5.41, 5.74) is 2.46. The van der Waals surface area contributed by atoms with Crippen molar-refractivity contribution in [2.45, 2.75) is 20.0 Å². The van der Waals surface area contributed by atoms with Crippen LogP contribution in [0.1, 0.15) is 41.4 Å². The van der Waals surface area contributed by atoms with Gasteiger partial charge in [-0.1, -0.05) is 36.9 Å². The van der Waals surface area contributed by atoms with Gasteiger partial charge in [0.2, 0.25) is 0 Å². The number of benzene rings is 3. The number of hydrogen-bond acceptors (Lipinski definition) is 5. The number of carbonyl (C=O) groups is 1. The predicted molar refractivity (Wildman–Crippen MR) is 115 cm³/mol. The third kappa shape index (κ3) is 9.26. The summed E-state index contributed by atoms with van der Waals surface area (Å²) in [6, 6.07) is 19.6. The monoisotopic (exact) mass is 394 g/mol. The number of phenols is 3. The second-order valence-electron chi connectivity index (χ2n) is 6.17. The van der Waals surface area contributed by atoms with E-state index in [1.165, 1.54) is 19.1 Å². The molecule has 1 atom stereocenters. The third-order valence-electron chi connectivity index (χ3n) is 3.78. The summed E-state index contributed by atoms with van der Waals surface area (Å²) in [5.74, 6) is 0.718. The summed E-state index contributed by atoms with van der Waals surface area (Å²) in [7, 11) is 0. The lowest BCUT2D eigenvalue weighted by Gasteiger charge is -2.02. The number of phenolic OH excluding ortho intramolecular Hbond substituents is 3. The van der Waals surface area contributed by atoms with Gasteiger partial charge in [-0.15, -0.1) is 0 Å². The van der Waals surface area contributed by atoms with Gasteiger partial charge in [0.1, 0.15) is 17.2 Å². The zero-order chi connectivity index (χ0) is 21.8. The molecule has 0 bridgehead atoms. The Balaban J connectivity index is 0.000000218. The van der Waals surface area contributed by atoms with Gasteiger partial charge >= 0.3 is 0 Å². The quantitative estimate of drug-likeness (QED) is 0.465. The van der Waals surface area contributed by atoms with Crippen LogP contribution in [0.3, 0.4) is 0 Å². The van der Waals surface area contributed by atoms with Crippen molar-refractivity contribution in [1.82, 2.24) is 0 Å². The lowest BCUT2D eigenvalue weighted by molar-refractivity contribution is 0.101. The average Bonchev–Trinajstić information content (AvgIpc) is 2.70. The molecule has 0 aliphatic heterocycles. The minimum Gasteiger partial charge on any atom is -0.508 e. The van der Waals surface area contributed by atoms with Crippen LogP contribution in [-0.2, 0) is 0 Å². The van der Waals surface area contributed by atoms with Crippen LogP contribution in [0.5, 0.6) is 17.2 Å². The van der Waals surface area contributed by atoms with E-state index in [1.807, 2.05) is 12.1 Å². The van der Waals surface area contributed by atoms with E-state index >= 15 is 0 Å². The highest BCUT2D eigenvalue weighted by Gasteiger charge is 1.98. The van der Waals surface area contributed by atoms with Crippen LogP contribution in [0.15, 0.2) is 79.4 Å². The first-order chi connectivity index (χ1) is 13.7. The molecule has 3 rings (SSSR count). The molecule has 0 saturated carbocycles. The first-order valence-corrected chi connectivity index (χ1v) is 8.91. The summed E-state index contributed by atoms with van der Waals surface area (Å²) in [6.45, 7) is 6.76. The van der Waals surface area contributed by atoms with E-state index in [4.69, 9.17) is 20.4 Å². The van der Waals surface area contributed by atoms with E-state index in [-0.39, 0.29) is 17.3 Å². The van der Waals surface area contributed by atoms with Crippen molar-refractivity contribution in [1.29, 1.82) is 0 Å². The molecule has 3 aromatic rings. The molecule has 1 unspecified atom stereocenters. The van der Waals surface area contributed by atoms with Crippen molar-refractivity contribution < 1.29 is 25.2 Å². The van der Waals surface area contributed by atoms with Gasteiger partial charge in [0.05, 0.1) is 6.10 Å². The Labute approximate surface area is 170 Å². The Morgan fingerprint density at radius 1 is 0.793 bits per heavy atom. The first-order valence-electron chi connectivity index (χ1n) is 8.91. The summed E-state index contributed by atoms with van der Waals surface area (Å²) in [6.07, 6.45) is 1.28. The second-order valence-corrected chi connectivity index (χ2v) is 6.17. The minimum atomic E-state index is -0.458. The first kappa shape index (κ1) is 23.5. The number of aliphatic hydroxyl groups is 1. The van der Waals surface area contributed by atoms with Crippen molar-refractivity contribution in [3.05, 3.63) is 96.1 Å². The van der Waals surface area contributed by atoms with E-state index in [1.54, 1.807) is 61.5 Å². The standard InChI is InChI=1S/C8H10O2.C8H8O2.C8H8O/c2*1-6(9)7-2-4-8(10)5-3-7;1-2-7-3-5-8(9)6-4-7/h2-6,9-10H,1H3;2-5,10H,1H3;2-6,9H,1H2. The summed E-state index contributed by atoms with van der Waals surface area (Å²) < 4.78 is 0. The highest BCUT2D eigenvalue weighted by Crippen LogP contribution is 2.15. The Kier molecular flexibility index (Phi) is 9.71. The van der Waals surface area contributed by atoms with E-state index in [9.17, 15) is 4.79 Å². The molecule has 5 heteroatoms. The Hall–Kier alpha value is -3.57. The highest BCUT2D eigenvalue weighted by molar-refractivity contribution is 5.94. The van der Waals surface area contributed by atoms with Gasteiger partial charge < -0.3 is 20.4 Å². The van der Waals surface area contributed by atoms with Gasteiger partial charge in [-0.3, -0.25) is 4.79 Å². The van der Waals surface area contributed by atoms with Crippen molar-refractivity contribution in [3.63, 3.8) is 0 Å². The van der Waals surface area contributed by atoms with Crippen LogP contribution in [0, 0.1) is 0 Å². The molecule has 152 valence electrons. The summed E-state index contributed by atoms with van der Waals surface area (Å²) in [4.78, 5) is 10.7. The van der Waals surface area contributed by atoms with E-state index in [2.05, 4.69) is 6.58 Å². The number of aliphatic hydroxyl groups excluding tert-OH is 1. The molecule has 0 amide bonds. The molecule has 0 heterocycles. The molecule has 0 radical (unpaired) electrons. The molecule has 0 aliphatic carbocycles. The van der Waals surface area contributed by atoms with Gasteiger partial charge in [-0.2, -0.15) is 0 Å². The molecule has 4 N–H and O–H groups in total. The topological polar surface area (TPSA) is 98.0 Å². The van der Waals surface area contributed by atoms with Gasteiger partial charge in [0.15, 0.2) is 5.78 Å². The number of rotatable bonds is 3. The highest BCUT2D eigenvalue weighted by atomic mass is 16.3. The zero-order valence-electron chi connectivity index (χ0n) is 16.5. The van der Waals surface area contributed by atoms with Crippen molar-refractivity contribution in [2.75, 3.05) is 0 Å². The molecule has 0 fully saturated rings. The molecule has 0 aromatic heterocycles. The van der Waals surface area contributed by atoms with Crippen molar-refractivity contribution in [3.8, 4) is 17.2 Å². The molecule has 5 nitrogen and oxygen atoms in total. The second kappa shape index (κ2) is 12.0. The fourth-order valence-electron chi connectivity index (χ4n) is 2.06. The van der Waals surface area contributed by atoms with Gasteiger partial charge in [-0.05, 0) is 73.5 Å². The van der Waals surface area contributed by atoms with Crippen LogP contribution in [0.2, 0.25) is 0 Å². The molecular formula is C24H26O5. The fourth-order valence-corrected chi connectivity index (χ4v) is 2.06. The lowest BCUT2D eigenvalue weighted by atomic mass is 10.1. The molecule has 3 aromatic carbocycles. The number of hydrogen-bond donors (Lipinski definition) is 4. The van der Waals surface area contributed by atoms with Crippen LogP contribution in [0.4, 0.5) is 0 Å². The maximum Gasteiger partial charge on any atom is 0.159 e. The summed E-state index contributed by atoms with van der Waals surface area (Å²) >= 11 is 0. The van der Waals surface area contributed by atoms with Gasteiger partial charge in [0, 0.05) is 5.56 Å². The number of carbonyl (C=O) groups excluding carboxylic acids is 1. The van der Waals surface area contributed by atoms with Crippen LogP contribution in [0.25, 0.3) is 6.08 Å². The maximum absolute atomic E-state index is 10.7. The smallest absolute Gasteiger partial charge is 0.159 e. The molecule has 0 aliphatic rings. The average molecular weight is 394 g/mol. The Morgan fingerprint density at radius 3 is 1.52 bits per heavy atom. The maximum atomic E-state index is 10.7. The minimum absolute atomic E-state index is 0.0139. The fraction of sp³-hybridized carbons (Fsp3) is 0.125. The molecule has 29 heavy (non-hydrogen) atoms. The van der Waals surface area contributed by atoms with E-state index < -0.39 is 6.10 Å². The molecule has 0 spiro atoms. The predicted octanol–water partition coefficient (Wildman–Crippen LogP) is 5.08. The van der Waals surface area contributed by atoms with E-state index in [0.29, 0.717) is 11.3 Å². The Morgan fingerprint density at radius 2 is 1.17 bits per heavy atom. The van der Waals surface area contributed by atoms with Gasteiger partial charge in [-0.25, -0.2) is 0 Å².